The predicted octanol–water partition coefficient (Wildman–Crippen LogP) is 8.60. The lowest BCUT2D eigenvalue weighted by Crippen LogP contribution is -2.27. The Morgan fingerprint density at radius 1 is 0.706 bits per heavy atom. The molecule has 0 radical (unpaired) electrons. The average molecular weight is 474 g/mol. The topological polar surface area (TPSA) is 30.5 Å². The molecule has 2 rings (SSSR count). The molecule has 0 spiro atoms. The maximum atomic E-state index is 6.15. The van der Waals surface area contributed by atoms with E-state index in [1.54, 1.807) is 0 Å². The molecule has 0 bridgehead atoms. The highest BCUT2D eigenvalue weighted by Crippen LogP contribution is 2.20. The Morgan fingerprint density at radius 2 is 1.24 bits per heavy atom. The minimum atomic E-state index is 0.296. The van der Waals surface area contributed by atoms with Crippen molar-refractivity contribution < 1.29 is 9.47 Å². The smallest absolute Gasteiger partial charge is 0.0813 e. The van der Waals surface area contributed by atoms with E-state index in [1.807, 2.05) is 0 Å². The molecule has 3 heteroatoms. The highest BCUT2D eigenvalue weighted by Gasteiger charge is 2.24. The number of nitrogens with one attached hydrogen (secondary N) is 1. The Hall–Kier alpha value is -0.900. The largest absolute Gasteiger partial charge is 0.379 e. The van der Waals surface area contributed by atoms with Gasteiger partial charge in [0, 0.05) is 19.7 Å². The lowest BCUT2D eigenvalue weighted by atomic mass is 10.0. The van der Waals surface area contributed by atoms with Crippen LogP contribution >= 0.6 is 0 Å². The summed E-state index contributed by atoms with van der Waals surface area (Å²) in [5.41, 5.74) is 1.33. The lowest BCUT2D eigenvalue weighted by molar-refractivity contribution is -0.0150. The van der Waals surface area contributed by atoms with Crippen molar-refractivity contribution in [1.29, 1.82) is 0 Å². The van der Waals surface area contributed by atoms with Gasteiger partial charge in [-0.3, -0.25) is 0 Å². The highest BCUT2D eigenvalue weighted by molar-refractivity contribution is 5.14. The third kappa shape index (κ3) is 15.9. The molecule has 1 aromatic rings. The van der Waals surface area contributed by atoms with Crippen molar-refractivity contribution in [2.24, 2.45) is 0 Å². The molecule has 1 heterocycles. The second kappa shape index (κ2) is 21.4. The second-order valence-corrected chi connectivity index (χ2v) is 10.5. The van der Waals surface area contributed by atoms with Crippen molar-refractivity contribution in [2.45, 2.75) is 141 Å². The van der Waals surface area contributed by atoms with Gasteiger partial charge in [0.2, 0.25) is 0 Å². The summed E-state index contributed by atoms with van der Waals surface area (Å²) in [4.78, 5) is 0. The molecule has 2 atom stereocenters. The number of benzene rings is 1. The zero-order valence-corrected chi connectivity index (χ0v) is 22.4. The van der Waals surface area contributed by atoms with Crippen LogP contribution in [0.4, 0.5) is 0 Å². The minimum absolute atomic E-state index is 0.296. The Kier molecular flexibility index (Phi) is 18.5. The van der Waals surface area contributed by atoms with Gasteiger partial charge in [-0.25, -0.2) is 0 Å². The second-order valence-electron chi connectivity index (χ2n) is 10.5. The van der Waals surface area contributed by atoms with Crippen molar-refractivity contribution in [1.82, 2.24) is 5.32 Å². The van der Waals surface area contributed by atoms with Gasteiger partial charge in [-0.1, -0.05) is 134 Å². The van der Waals surface area contributed by atoms with Crippen molar-refractivity contribution in [2.75, 3.05) is 19.8 Å². The van der Waals surface area contributed by atoms with Crippen LogP contribution in [0, 0.1) is 0 Å². The van der Waals surface area contributed by atoms with E-state index >= 15 is 0 Å². The van der Waals surface area contributed by atoms with Crippen LogP contribution in [0.5, 0.6) is 0 Å². The van der Waals surface area contributed by atoms with Gasteiger partial charge in [0.1, 0.15) is 0 Å². The van der Waals surface area contributed by atoms with Gasteiger partial charge in [-0.05, 0) is 24.8 Å². The summed E-state index contributed by atoms with van der Waals surface area (Å²) in [5, 5.41) is 3.53. The van der Waals surface area contributed by atoms with Crippen LogP contribution in [0.15, 0.2) is 30.3 Å². The maximum Gasteiger partial charge on any atom is 0.0813 e. The summed E-state index contributed by atoms with van der Waals surface area (Å²) in [5.74, 6) is 0. The van der Waals surface area contributed by atoms with Crippen molar-refractivity contribution >= 4 is 0 Å². The van der Waals surface area contributed by atoms with Crippen LogP contribution < -0.4 is 5.32 Å². The zero-order chi connectivity index (χ0) is 23.9. The van der Waals surface area contributed by atoms with E-state index in [9.17, 15) is 0 Å². The molecular formula is C31H55NO2. The average Bonchev–Trinajstić information content (AvgIpc) is 3.31. The molecule has 0 aliphatic carbocycles. The van der Waals surface area contributed by atoms with Crippen LogP contribution in [-0.4, -0.2) is 32.0 Å². The summed E-state index contributed by atoms with van der Waals surface area (Å²) < 4.78 is 12.1. The first-order valence-electron chi connectivity index (χ1n) is 14.9. The van der Waals surface area contributed by atoms with Crippen LogP contribution in [-0.2, 0) is 16.0 Å². The van der Waals surface area contributed by atoms with E-state index in [1.165, 1.54) is 108 Å². The first kappa shape index (κ1) is 29.3. The molecule has 3 nitrogen and oxygen atoms in total. The maximum absolute atomic E-state index is 6.15. The molecule has 1 fully saturated rings. The molecule has 1 N–H and O–H groups in total. The number of rotatable bonds is 23. The molecule has 0 unspecified atom stereocenters. The molecule has 1 aromatic carbocycles. The fourth-order valence-corrected chi connectivity index (χ4v) is 4.99. The monoisotopic (exact) mass is 473 g/mol. The van der Waals surface area contributed by atoms with Gasteiger partial charge in [-0.15, -0.1) is 0 Å². The number of unbranched alkanes of at least 4 members (excludes halogenated alkanes) is 15. The lowest BCUT2D eigenvalue weighted by Gasteiger charge is -2.15. The van der Waals surface area contributed by atoms with E-state index in [-0.39, 0.29) is 0 Å². The van der Waals surface area contributed by atoms with Crippen LogP contribution in [0.2, 0.25) is 0 Å². The van der Waals surface area contributed by atoms with E-state index in [0.717, 1.165) is 39.1 Å². The van der Waals surface area contributed by atoms with Gasteiger partial charge >= 0.3 is 0 Å². The molecule has 1 aliphatic heterocycles. The normalized spacial score (nSPS) is 18.0. The van der Waals surface area contributed by atoms with E-state index in [4.69, 9.17) is 9.47 Å². The first-order valence-corrected chi connectivity index (χ1v) is 14.9. The third-order valence-corrected chi connectivity index (χ3v) is 7.19. The molecule has 34 heavy (non-hydrogen) atoms. The van der Waals surface area contributed by atoms with Gasteiger partial charge in [-0.2, -0.15) is 0 Å². The molecule has 0 aromatic heterocycles. The third-order valence-electron chi connectivity index (χ3n) is 7.19. The van der Waals surface area contributed by atoms with Crippen LogP contribution in [0.1, 0.15) is 128 Å². The van der Waals surface area contributed by atoms with Crippen molar-refractivity contribution in [3.63, 3.8) is 0 Å². The molecule has 196 valence electrons. The Balaban J connectivity index is 1.26. The summed E-state index contributed by atoms with van der Waals surface area (Å²) in [6, 6.07) is 10.6. The SMILES string of the molecule is CCCCCCCCCCCCCCCCCCOC[C@@H]1CC[C@@H](CNCc2ccccc2)O1. The van der Waals surface area contributed by atoms with Gasteiger partial charge < -0.3 is 14.8 Å². The number of hydrogen-bond donors (Lipinski definition) is 1. The fourth-order valence-electron chi connectivity index (χ4n) is 4.99. The summed E-state index contributed by atoms with van der Waals surface area (Å²) >= 11 is 0. The van der Waals surface area contributed by atoms with Gasteiger partial charge in [0.05, 0.1) is 18.8 Å². The summed E-state index contributed by atoms with van der Waals surface area (Å²) in [6.07, 6.45) is 25.5. The standard InChI is InChI=1S/C31H55NO2/c1-2-3-4-5-6-7-8-9-10-11-12-13-14-15-16-20-25-33-28-31-24-23-30(34-31)27-32-26-29-21-18-17-19-22-29/h17-19,21-22,30-32H,2-16,20,23-28H2,1H3/t30-,31-/m0/s1. The van der Waals surface area contributed by atoms with Crippen LogP contribution in [0.3, 0.4) is 0 Å². The molecule has 0 amide bonds. The van der Waals surface area contributed by atoms with Crippen molar-refractivity contribution in [3.8, 4) is 0 Å². The Morgan fingerprint density at radius 3 is 1.82 bits per heavy atom. The van der Waals surface area contributed by atoms with E-state index in [0.29, 0.717) is 12.2 Å². The zero-order valence-electron chi connectivity index (χ0n) is 22.4. The molecular weight excluding hydrogens is 418 g/mol. The summed E-state index contributed by atoms with van der Waals surface area (Å²) in [7, 11) is 0. The van der Waals surface area contributed by atoms with Gasteiger partial charge in [0.25, 0.3) is 0 Å². The van der Waals surface area contributed by atoms with Crippen LogP contribution in [0.25, 0.3) is 0 Å². The number of hydrogen-bond acceptors (Lipinski definition) is 3. The van der Waals surface area contributed by atoms with E-state index in [2.05, 4.69) is 42.6 Å². The Bertz CT molecular complexity index is 550. The highest BCUT2D eigenvalue weighted by atomic mass is 16.5. The fraction of sp³-hybridized carbons (Fsp3) is 0.806. The van der Waals surface area contributed by atoms with Crippen molar-refractivity contribution in [3.05, 3.63) is 35.9 Å². The molecule has 1 aliphatic rings. The molecule has 0 saturated carbocycles. The predicted molar refractivity (Wildman–Crippen MR) is 146 cm³/mol. The number of ether oxygens (including phenoxy) is 2. The molecule has 1 saturated heterocycles. The first-order chi connectivity index (χ1) is 16.9. The quantitative estimate of drug-likeness (QED) is 0.161. The minimum Gasteiger partial charge on any atom is -0.379 e. The van der Waals surface area contributed by atoms with Gasteiger partial charge in [0.15, 0.2) is 0 Å². The van der Waals surface area contributed by atoms with E-state index < -0.39 is 0 Å². The Labute approximate surface area is 211 Å². The summed E-state index contributed by atoms with van der Waals surface area (Å²) in [6.45, 7) is 5.82.